The molecule has 2 heterocycles. The van der Waals surface area contributed by atoms with Gasteiger partial charge in [-0.05, 0) is 56.5 Å². The predicted octanol–water partition coefficient (Wildman–Crippen LogP) is 5.50. The van der Waals surface area contributed by atoms with Gasteiger partial charge >= 0.3 is 0 Å². The van der Waals surface area contributed by atoms with E-state index in [4.69, 9.17) is 4.98 Å². The zero-order valence-electron chi connectivity index (χ0n) is 16.5. The molecule has 0 fully saturated rings. The molecule has 4 nitrogen and oxygen atoms in total. The first-order valence-electron chi connectivity index (χ1n) is 9.32. The summed E-state index contributed by atoms with van der Waals surface area (Å²) >= 11 is 1.57. The second kappa shape index (κ2) is 7.24. The molecule has 2 aromatic carbocycles. The lowest BCUT2D eigenvalue weighted by atomic mass is 10.0. The normalized spacial score (nSPS) is 11.1. The van der Waals surface area contributed by atoms with E-state index in [0.717, 1.165) is 26.5 Å². The van der Waals surface area contributed by atoms with Crippen LogP contribution in [0.4, 0.5) is 5.69 Å². The van der Waals surface area contributed by atoms with Gasteiger partial charge in [-0.15, -0.1) is 11.3 Å². The van der Waals surface area contributed by atoms with Crippen molar-refractivity contribution in [2.75, 3.05) is 5.32 Å². The van der Waals surface area contributed by atoms with E-state index in [2.05, 4.69) is 80.5 Å². The Morgan fingerprint density at radius 1 is 0.964 bits per heavy atom. The number of aromatic amines is 1. The van der Waals surface area contributed by atoms with Crippen LogP contribution in [0.1, 0.15) is 27.4 Å². The molecule has 2 N–H and O–H groups in total. The molecule has 28 heavy (non-hydrogen) atoms. The van der Waals surface area contributed by atoms with Gasteiger partial charge in [-0.2, -0.15) is 0 Å². The predicted molar refractivity (Wildman–Crippen MR) is 118 cm³/mol. The zero-order valence-corrected chi connectivity index (χ0v) is 17.3. The molecule has 0 aliphatic carbocycles. The molecule has 0 amide bonds. The summed E-state index contributed by atoms with van der Waals surface area (Å²) in [5, 5.41) is 4.05. The number of nitrogens with one attached hydrogen (secondary N) is 2. The third-order valence-corrected chi connectivity index (χ3v) is 5.81. The van der Waals surface area contributed by atoms with E-state index in [1.807, 2.05) is 0 Å². The third-order valence-electron chi connectivity index (χ3n) is 4.81. The molecule has 0 saturated carbocycles. The van der Waals surface area contributed by atoms with Crippen molar-refractivity contribution in [2.45, 2.75) is 34.2 Å². The average molecular weight is 390 g/mol. The molecule has 0 bridgehead atoms. The third kappa shape index (κ3) is 3.58. The SMILES string of the molecule is Cc1ccc(-c2c(C)sc3nc(CNc4cc(C)cc(C)c4)[nH]c(=O)c23)cc1. The van der Waals surface area contributed by atoms with Gasteiger partial charge in [-0.1, -0.05) is 35.9 Å². The molecule has 0 saturated heterocycles. The van der Waals surface area contributed by atoms with Crippen LogP contribution in [0.3, 0.4) is 0 Å². The zero-order chi connectivity index (χ0) is 19.8. The Morgan fingerprint density at radius 2 is 1.64 bits per heavy atom. The largest absolute Gasteiger partial charge is 0.378 e. The molecule has 0 aliphatic heterocycles. The number of anilines is 1. The van der Waals surface area contributed by atoms with Gasteiger partial charge in [0.1, 0.15) is 10.7 Å². The molecule has 4 aromatic rings. The summed E-state index contributed by atoms with van der Waals surface area (Å²) in [5.41, 5.74) is 6.61. The lowest BCUT2D eigenvalue weighted by Crippen LogP contribution is -2.14. The maximum Gasteiger partial charge on any atom is 0.260 e. The maximum absolute atomic E-state index is 12.9. The molecule has 0 spiro atoms. The number of aryl methyl sites for hydroxylation is 4. The molecule has 142 valence electrons. The second-order valence-corrected chi connectivity index (χ2v) is 8.53. The van der Waals surface area contributed by atoms with Crippen LogP contribution in [0.2, 0.25) is 0 Å². The van der Waals surface area contributed by atoms with Crippen molar-refractivity contribution in [1.82, 2.24) is 9.97 Å². The number of nitrogens with zero attached hydrogens (tertiary/aromatic N) is 1. The molecule has 4 rings (SSSR count). The Labute approximate surface area is 168 Å². The van der Waals surface area contributed by atoms with Crippen LogP contribution in [-0.2, 0) is 6.54 Å². The van der Waals surface area contributed by atoms with Crippen molar-refractivity contribution in [3.63, 3.8) is 0 Å². The van der Waals surface area contributed by atoms with E-state index in [1.165, 1.54) is 16.7 Å². The van der Waals surface area contributed by atoms with Crippen molar-refractivity contribution in [3.8, 4) is 11.1 Å². The fourth-order valence-electron chi connectivity index (χ4n) is 3.58. The summed E-state index contributed by atoms with van der Waals surface area (Å²) in [6, 6.07) is 14.6. The van der Waals surface area contributed by atoms with Gasteiger partial charge in [0, 0.05) is 16.1 Å². The fourth-order valence-corrected chi connectivity index (χ4v) is 4.64. The van der Waals surface area contributed by atoms with Crippen molar-refractivity contribution in [1.29, 1.82) is 0 Å². The van der Waals surface area contributed by atoms with E-state index >= 15 is 0 Å². The van der Waals surface area contributed by atoms with Crippen LogP contribution < -0.4 is 10.9 Å². The highest BCUT2D eigenvalue weighted by atomic mass is 32.1. The van der Waals surface area contributed by atoms with E-state index in [0.29, 0.717) is 17.8 Å². The Kier molecular flexibility index (Phi) is 4.77. The molecule has 2 aromatic heterocycles. The molecule has 0 radical (unpaired) electrons. The van der Waals surface area contributed by atoms with Crippen LogP contribution in [0.5, 0.6) is 0 Å². The van der Waals surface area contributed by atoms with Crippen molar-refractivity contribution < 1.29 is 0 Å². The van der Waals surface area contributed by atoms with Gasteiger partial charge in [-0.3, -0.25) is 4.79 Å². The van der Waals surface area contributed by atoms with Gasteiger partial charge in [-0.25, -0.2) is 4.98 Å². The monoisotopic (exact) mass is 389 g/mol. The highest BCUT2D eigenvalue weighted by Gasteiger charge is 2.16. The first kappa shape index (κ1) is 18.4. The number of benzene rings is 2. The van der Waals surface area contributed by atoms with Crippen molar-refractivity contribution in [2.24, 2.45) is 0 Å². The summed E-state index contributed by atoms with van der Waals surface area (Å²) in [7, 11) is 0. The second-order valence-electron chi connectivity index (χ2n) is 7.32. The number of rotatable bonds is 4. The van der Waals surface area contributed by atoms with Crippen LogP contribution in [-0.4, -0.2) is 9.97 Å². The Morgan fingerprint density at radius 3 is 2.32 bits per heavy atom. The van der Waals surface area contributed by atoms with Gasteiger partial charge < -0.3 is 10.3 Å². The van der Waals surface area contributed by atoms with Crippen molar-refractivity contribution >= 4 is 27.2 Å². The van der Waals surface area contributed by atoms with Crippen LogP contribution >= 0.6 is 11.3 Å². The van der Waals surface area contributed by atoms with Crippen LogP contribution in [0, 0.1) is 27.7 Å². The first-order valence-corrected chi connectivity index (χ1v) is 10.1. The van der Waals surface area contributed by atoms with Crippen molar-refractivity contribution in [3.05, 3.63) is 80.2 Å². The summed E-state index contributed by atoms with van der Waals surface area (Å²) < 4.78 is 0. The lowest BCUT2D eigenvalue weighted by Gasteiger charge is -2.08. The molecular weight excluding hydrogens is 366 g/mol. The summed E-state index contributed by atoms with van der Waals surface area (Å²) in [6.07, 6.45) is 0. The summed E-state index contributed by atoms with van der Waals surface area (Å²) in [5.74, 6) is 0.647. The highest BCUT2D eigenvalue weighted by molar-refractivity contribution is 7.19. The summed E-state index contributed by atoms with van der Waals surface area (Å²) in [6.45, 7) is 8.74. The highest BCUT2D eigenvalue weighted by Crippen LogP contribution is 2.35. The van der Waals surface area contributed by atoms with E-state index in [-0.39, 0.29) is 5.56 Å². The molecular formula is C23H23N3OS. The molecule has 5 heteroatoms. The Balaban J connectivity index is 1.69. The smallest absolute Gasteiger partial charge is 0.260 e. The number of fused-ring (bicyclic) bond motifs is 1. The van der Waals surface area contributed by atoms with E-state index < -0.39 is 0 Å². The number of aromatic nitrogens is 2. The number of H-pyrrole nitrogens is 1. The quantitative estimate of drug-likeness (QED) is 0.485. The maximum atomic E-state index is 12.9. The molecule has 0 atom stereocenters. The minimum Gasteiger partial charge on any atom is -0.378 e. The van der Waals surface area contributed by atoms with E-state index in [1.54, 1.807) is 11.3 Å². The van der Waals surface area contributed by atoms with Crippen LogP contribution in [0.15, 0.2) is 47.3 Å². The van der Waals surface area contributed by atoms with Gasteiger partial charge in [0.05, 0.1) is 11.9 Å². The fraction of sp³-hybridized carbons (Fsp3) is 0.217. The Hall–Kier alpha value is -2.92. The van der Waals surface area contributed by atoms with Gasteiger partial charge in [0.15, 0.2) is 0 Å². The topological polar surface area (TPSA) is 57.8 Å². The molecule has 0 aliphatic rings. The lowest BCUT2D eigenvalue weighted by molar-refractivity contribution is 0.956. The van der Waals surface area contributed by atoms with E-state index in [9.17, 15) is 4.79 Å². The standard InChI is InChI=1S/C23H23N3OS/c1-13-5-7-17(8-6-13)20-16(4)28-23-21(20)22(27)25-19(26-23)12-24-18-10-14(2)9-15(3)11-18/h5-11,24H,12H2,1-4H3,(H,25,26,27). The number of hydrogen-bond donors (Lipinski definition) is 2. The van der Waals surface area contributed by atoms with Gasteiger partial charge in [0.25, 0.3) is 5.56 Å². The number of thiophene rings is 1. The minimum atomic E-state index is -0.0813. The molecule has 0 unspecified atom stereocenters. The minimum absolute atomic E-state index is 0.0813. The first-order chi connectivity index (χ1) is 13.4. The Bertz CT molecular complexity index is 1200. The average Bonchev–Trinajstić information content (AvgIpc) is 2.96. The van der Waals surface area contributed by atoms with Gasteiger partial charge in [0.2, 0.25) is 0 Å². The van der Waals surface area contributed by atoms with Crippen LogP contribution in [0.25, 0.3) is 21.3 Å². The number of hydrogen-bond acceptors (Lipinski definition) is 4. The summed E-state index contributed by atoms with van der Waals surface area (Å²) in [4.78, 5) is 22.5.